The van der Waals surface area contributed by atoms with Crippen LogP contribution in [-0.4, -0.2) is 6.16 Å². The molecule has 0 spiro atoms. The minimum absolute atomic E-state index is 0.740. The molecule has 0 aromatic heterocycles. The van der Waals surface area contributed by atoms with Gasteiger partial charge in [-0.3, -0.25) is 9.05 Å². The maximum absolute atomic E-state index is 6.79. The van der Waals surface area contributed by atoms with E-state index in [2.05, 4.69) is 20.8 Å². The quantitative estimate of drug-likeness (QED) is 0.378. The molecule has 0 atom stereocenters. The van der Waals surface area contributed by atoms with Crippen molar-refractivity contribution in [2.75, 3.05) is 6.16 Å². The zero-order valence-electron chi connectivity index (χ0n) is 14.1. The molecule has 0 fully saturated rings. The van der Waals surface area contributed by atoms with Gasteiger partial charge in [-0.2, -0.15) is 0 Å². The molecule has 4 heteroatoms. The van der Waals surface area contributed by atoms with Crippen molar-refractivity contribution in [3.63, 3.8) is 0 Å². The number of benzene rings is 2. The summed E-state index contributed by atoms with van der Waals surface area (Å²) in [6, 6.07) is 15.9. The van der Waals surface area contributed by atoms with Crippen LogP contribution in [0.15, 0.2) is 48.5 Å². The Hall–Kier alpha value is -1.24. The van der Waals surface area contributed by atoms with Crippen molar-refractivity contribution in [2.24, 2.45) is 0 Å². The van der Waals surface area contributed by atoms with Crippen molar-refractivity contribution in [2.45, 2.75) is 40.0 Å². The Morgan fingerprint density at radius 2 is 1.22 bits per heavy atom. The van der Waals surface area contributed by atoms with E-state index in [1.807, 2.05) is 48.5 Å². The van der Waals surface area contributed by atoms with E-state index < -0.39 is 7.07 Å². The lowest BCUT2D eigenvalue weighted by atomic mass is 10.2. The first-order chi connectivity index (χ1) is 11.0. The van der Waals surface area contributed by atoms with Crippen LogP contribution in [-0.2, 0) is 0 Å². The Balaban J connectivity index is 2.13. The van der Waals surface area contributed by atoms with Crippen molar-refractivity contribution in [1.82, 2.24) is 0 Å². The summed E-state index contributed by atoms with van der Waals surface area (Å²) in [5.41, 5.74) is 2.39. The summed E-state index contributed by atoms with van der Waals surface area (Å²) >= 11 is 6.79. The number of halogens is 1. The maximum atomic E-state index is 6.79. The first kappa shape index (κ1) is 18.1. The summed E-state index contributed by atoms with van der Waals surface area (Å²) in [6.07, 6.45) is 4.02. The third-order valence-electron chi connectivity index (χ3n) is 3.55. The topological polar surface area (TPSA) is 18.5 Å². The number of hydrogen-bond acceptors (Lipinski definition) is 2. The van der Waals surface area contributed by atoms with Crippen LogP contribution in [0.5, 0.6) is 11.5 Å². The van der Waals surface area contributed by atoms with Crippen molar-refractivity contribution in [3.05, 3.63) is 59.7 Å². The summed E-state index contributed by atoms with van der Waals surface area (Å²) in [6.45, 7) is 6.28. The van der Waals surface area contributed by atoms with Gasteiger partial charge in [0.2, 0.25) is 0 Å². The molecule has 23 heavy (non-hydrogen) atoms. The highest BCUT2D eigenvalue weighted by molar-refractivity contribution is 7.92. The van der Waals surface area contributed by atoms with Crippen LogP contribution in [0.4, 0.5) is 0 Å². The molecule has 2 aromatic rings. The van der Waals surface area contributed by atoms with E-state index in [0.29, 0.717) is 0 Å². The highest BCUT2D eigenvalue weighted by atomic mass is 35.7. The third kappa shape index (κ3) is 6.05. The largest absolute Gasteiger partial charge is 0.459 e. The fraction of sp³-hybridized carbons (Fsp3) is 0.368. The van der Waals surface area contributed by atoms with Crippen LogP contribution >= 0.6 is 18.3 Å². The average Bonchev–Trinajstić information content (AvgIpc) is 2.52. The maximum Gasteiger partial charge on any atom is 0.459 e. The SMILES string of the molecule is CCCCC[P+](Cl)(Oc1ccc(C)cc1)Oc1ccc(C)cc1. The lowest BCUT2D eigenvalue weighted by Crippen LogP contribution is -2.08. The van der Waals surface area contributed by atoms with E-state index >= 15 is 0 Å². The molecule has 2 aromatic carbocycles. The van der Waals surface area contributed by atoms with Crippen LogP contribution in [0.3, 0.4) is 0 Å². The molecular formula is C19H25ClO2P+. The van der Waals surface area contributed by atoms with Crippen molar-refractivity contribution in [3.8, 4) is 11.5 Å². The van der Waals surface area contributed by atoms with Crippen molar-refractivity contribution >= 4 is 18.3 Å². The smallest absolute Gasteiger partial charge is 0.291 e. The zero-order chi connectivity index (χ0) is 16.7. The van der Waals surface area contributed by atoms with Gasteiger partial charge < -0.3 is 0 Å². The summed E-state index contributed by atoms with van der Waals surface area (Å²) in [7, 11) is -2.50. The highest BCUT2D eigenvalue weighted by Crippen LogP contribution is 2.65. The van der Waals surface area contributed by atoms with E-state index in [4.69, 9.17) is 20.3 Å². The molecule has 0 aliphatic rings. The van der Waals surface area contributed by atoms with E-state index in [0.717, 1.165) is 36.9 Å². The van der Waals surface area contributed by atoms with Crippen LogP contribution in [0.2, 0.25) is 0 Å². The molecule has 0 saturated carbocycles. The Morgan fingerprint density at radius 3 is 1.61 bits per heavy atom. The molecule has 124 valence electrons. The van der Waals surface area contributed by atoms with E-state index in [9.17, 15) is 0 Å². The lowest BCUT2D eigenvalue weighted by Gasteiger charge is -2.18. The summed E-state index contributed by atoms with van der Waals surface area (Å²) in [5.74, 6) is 1.53. The average molecular weight is 352 g/mol. The predicted molar refractivity (Wildman–Crippen MR) is 101 cm³/mol. The molecule has 0 saturated heterocycles. The van der Waals surface area contributed by atoms with Gasteiger partial charge in [0.25, 0.3) is 0 Å². The van der Waals surface area contributed by atoms with Gasteiger partial charge in [-0.1, -0.05) is 48.7 Å². The Labute approximate surface area is 145 Å². The minimum Gasteiger partial charge on any atom is -0.291 e. The summed E-state index contributed by atoms with van der Waals surface area (Å²) < 4.78 is 12.2. The van der Waals surface area contributed by atoms with Crippen LogP contribution in [0.25, 0.3) is 0 Å². The Bertz CT molecular complexity index is 548. The van der Waals surface area contributed by atoms with Crippen LogP contribution in [0.1, 0.15) is 37.3 Å². The monoisotopic (exact) mass is 351 g/mol. The molecule has 0 aliphatic carbocycles. The van der Waals surface area contributed by atoms with Crippen molar-refractivity contribution in [1.29, 1.82) is 0 Å². The van der Waals surface area contributed by atoms with Gasteiger partial charge in [-0.15, -0.1) is 0 Å². The first-order valence-electron chi connectivity index (χ1n) is 8.11. The second-order valence-corrected chi connectivity index (χ2v) is 9.37. The Kier molecular flexibility index (Phi) is 6.74. The number of unbranched alkanes of at least 4 members (excludes halogenated alkanes) is 2. The molecule has 2 rings (SSSR count). The predicted octanol–water partition coefficient (Wildman–Crippen LogP) is 6.95. The standard InChI is InChI=1S/C19H25ClO2P/c1-4-5-6-15-23(20,21-18-11-7-16(2)8-12-18)22-19-13-9-17(3)10-14-19/h7-14H,4-6,15H2,1-3H3/q+1. The number of aryl methyl sites for hydroxylation is 2. The molecule has 0 N–H and O–H groups in total. The minimum atomic E-state index is -2.50. The summed E-state index contributed by atoms with van der Waals surface area (Å²) in [4.78, 5) is 0. The van der Waals surface area contributed by atoms with E-state index in [1.165, 1.54) is 11.1 Å². The molecule has 0 aliphatic heterocycles. The van der Waals surface area contributed by atoms with Gasteiger partial charge in [0, 0.05) is 0 Å². The second-order valence-electron chi connectivity index (χ2n) is 5.83. The number of rotatable bonds is 8. The fourth-order valence-corrected chi connectivity index (χ4v) is 4.70. The van der Waals surface area contributed by atoms with Gasteiger partial charge in [0.05, 0.1) is 0 Å². The van der Waals surface area contributed by atoms with Gasteiger partial charge in [-0.25, -0.2) is 0 Å². The molecule has 0 heterocycles. The second kappa shape index (κ2) is 8.57. The molecule has 0 bridgehead atoms. The molecule has 0 amide bonds. The van der Waals surface area contributed by atoms with E-state index in [1.54, 1.807) is 0 Å². The normalized spacial score (nSPS) is 11.3. The Morgan fingerprint density at radius 1 is 0.783 bits per heavy atom. The van der Waals surface area contributed by atoms with Gasteiger partial charge >= 0.3 is 7.07 Å². The molecule has 0 radical (unpaired) electrons. The van der Waals surface area contributed by atoms with Crippen LogP contribution in [0, 0.1) is 13.8 Å². The highest BCUT2D eigenvalue weighted by Gasteiger charge is 2.43. The third-order valence-corrected chi connectivity index (χ3v) is 6.29. The lowest BCUT2D eigenvalue weighted by molar-refractivity contribution is 0.477. The van der Waals surface area contributed by atoms with Crippen molar-refractivity contribution < 1.29 is 9.05 Å². The zero-order valence-corrected chi connectivity index (χ0v) is 15.7. The molecular weight excluding hydrogens is 327 g/mol. The van der Waals surface area contributed by atoms with Crippen LogP contribution < -0.4 is 9.05 Å². The van der Waals surface area contributed by atoms with Gasteiger partial charge in [-0.05, 0) is 51.0 Å². The first-order valence-corrected chi connectivity index (χ1v) is 10.8. The fourth-order valence-electron chi connectivity index (χ4n) is 2.17. The summed E-state index contributed by atoms with van der Waals surface area (Å²) in [5, 5.41) is 0. The molecule has 0 unspecified atom stereocenters. The molecule has 2 nitrogen and oxygen atoms in total. The van der Waals surface area contributed by atoms with E-state index in [-0.39, 0.29) is 0 Å². The van der Waals surface area contributed by atoms with Gasteiger partial charge in [0.15, 0.2) is 22.7 Å². The number of hydrogen-bond donors (Lipinski definition) is 0. The van der Waals surface area contributed by atoms with Gasteiger partial charge in [0.1, 0.15) is 6.16 Å².